The van der Waals surface area contributed by atoms with E-state index in [0.717, 1.165) is 43.2 Å². The van der Waals surface area contributed by atoms with Gasteiger partial charge in [0, 0.05) is 32.7 Å². The maximum atomic E-state index is 12.2. The van der Waals surface area contributed by atoms with Crippen molar-refractivity contribution in [3.8, 4) is 5.75 Å². The van der Waals surface area contributed by atoms with Crippen molar-refractivity contribution >= 4 is 6.03 Å². The lowest BCUT2D eigenvalue weighted by Gasteiger charge is -2.34. The van der Waals surface area contributed by atoms with Crippen molar-refractivity contribution in [2.45, 2.75) is 72.1 Å². The maximum absolute atomic E-state index is 12.2. The summed E-state index contributed by atoms with van der Waals surface area (Å²) in [6.45, 7) is 13.6. The van der Waals surface area contributed by atoms with Crippen molar-refractivity contribution < 1.29 is 14.3 Å². The van der Waals surface area contributed by atoms with Crippen molar-refractivity contribution in [2.24, 2.45) is 0 Å². The molecule has 2 aromatic rings. The normalized spacial score (nSPS) is 20.3. The van der Waals surface area contributed by atoms with Crippen molar-refractivity contribution in [3.63, 3.8) is 0 Å². The molecule has 9 heteroatoms. The summed E-state index contributed by atoms with van der Waals surface area (Å²) >= 11 is 0. The summed E-state index contributed by atoms with van der Waals surface area (Å²) in [6.07, 6.45) is 1.15. The number of ether oxygens (including phenoxy) is 2. The fourth-order valence-corrected chi connectivity index (χ4v) is 4.63. The second kappa shape index (κ2) is 10.1. The van der Waals surface area contributed by atoms with E-state index in [1.165, 1.54) is 5.56 Å². The highest BCUT2D eigenvalue weighted by Crippen LogP contribution is 2.33. The van der Waals surface area contributed by atoms with Crippen LogP contribution in [-0.4, -0.2) is 68.7 Å². The third-order valence-corrected chi connectivity index (χ3v) is 6.43. The molecular formula is C24H36N6O3. The van der Waals surface area contributed by atoms with Crippen molar-refractivity contribution in [3.05, 3.63) is 41.2 Å². The van der Waals surface area contributed by atoms with E-state index in [0.29, 0.717) is 32.8 Å². The van der Waals surface area contributed by atoms with E-state index in [4.69, 9.17) is 9.47 Å². The predicted octanol–water partition coefficient (Wildman–Crippen LogP) is 2.79. The molecule has 1 unspecified atom stereocenters. The Morgan fingerprint density at radius 1 is 1.24 bits per heavy atom. The summed E-state index contributed by atoms with van der Waals surface area (Å²) in [5.41, 5.74) is 2.78. The quantitative estimate of drug-likeness (QED) is 0.658. The van der Waals surface area contributed by atoms with E-state index >= 15 is 0 Å². The number of hydrogen-bond donors (Lipinski definition) is 1. The standard InChI is InChI=1S/C24H36N6O3/c1-5-29(6-2)23(31)25-13-21-22-15-32-24(17-30(22)27-26-21)11-12-28(16-24)14-19-7-9-20(10-8-19)33-18(3)4/h7-10,18H,5-6,11-17H2,1-4H3,(H,25,31). The molecule has 0 saturated carbocycles. The minimum absolute atomic E-state index is 0.0785. The van der Waals surface area contributed by atoms with Gasteiger partial charge in [-0.2, -0.15) is 0 Å². The lowest BCUT2D eigenvalue weighted by atomic mass is 10.0. The summed E-state index contributed by atoms with van der Waals surface area (Å²) in [7, 11) is 0. The number of amides is 2. The number of nitrogens with zero attached hydrogens (tertiary/aromatic N) is 5. The van der Waals surface area contributed by atoms with E-state index < -0.39 is 0 Å². The van der Waals surface area contributed by atoms with E-state index in [2.05, 4.69) is 32.7 Å². The minimum atomic E-state index is -0.233. The summed E-state index contributed by atoms with van der Waals surface area (Å²) in [5.74, 6) is 0.907. The van der Waals surface area contributed by atoms with Crippen LogP contribution in [0.15, 0.2) is 24.3 Å². The number of fused-ring (bicyclic) bond motifs is 1. The Hall–Kier alpha value is -2.65. The third-order valence-electron chi connectivity index (χ3n) is 6.43. The summed E-state index contributed by atoms with van der Waals surface area (Å²) in [6, 6.07) is 8.28. The van der Waals surface area contributed by atoms with Gasteiger partial charge in [-0.25, -0.2) is 9.48 Å². The molecule has 0 aliphatic carbocycles. The molecular weight excluding hydrogens is 420 g/mol. The molecule has 2 aliphatic heterocycles. The topological polar surface area (TPSA) is 84.8 Å². The number of benzene rings is 1. The Balaban J connectivity index is 1.32. The Bertz CT molecular complexity index is 940. The van der Waals surface area contributed by atoms with Crippen LogP contribution in [0.5, 0.6) is 5.75 Å². The van der Waals surface area contributed by atoms with Crippen molar-refractivity contribution in [1.29, 1.82) is 0 Å². The van der Waals surface area contributed by atoms with Crippen LogP contribution in [0.4, 0.5) is 4.79 Å². The number of hydrogen-bond acceptors (Lipinski definition) is 6. The molecule has 1 atom stereocenters. The van der Waals surface area contributed by atoms with Gasteiger partial charge in [-0.1, -0.05) is 17.3 Å². The van der Waals surface area contributed by atoms with Crippen LogP contribution in [0.25, 0.3) is 0 Å². The number of likely N-dealkylation sites (tertiary alicyclic amines) is 1. The Kier molecular flexibility index (Phi) is 7.19. The summed E-state index contributed by atoms with van der Waals surface area (Å²) in [4.78, 5) is 16.4. The van der Waals surface area contributed by atoms with Crippen LogP contribution < -0.4 is 10.1 Å². The molecule has 1 fully saturated rings. The predicted molar refractivity (Wildman–Crippen MR) is 125 cm³/mol. The molecule has 0 radical (unpaired) electrons. The first-order chi connectivity index (χ1) is 15.9. The van der Waals surface area contributed by atoms with Gasteiger partial charge in [0.25, 0.3) is 0 Å². The van der Waals surface area contributed by atoms with Crippen LogP contribution in [0.2, 0.25) is 0 Å². The zero-order chi connectivity index (χ0) is 23.4. The lowest BCUT2D eigenvalue weighted by Crippen LogP contribution is -2.44. The molecule has 4 rings (SSSR count). The molecule has 2 amide bonds. The third kappa shape index (κ3) is 5.47. The highest BCUT2D eigenvalue weighted by Gasteiger charge is 2.43. The van der Waals surface area contributed by atoms with Gasteiger partial charge in [0.05, 0.1) is 31.5 Å². The first-order valence-electron chi connectivity index (χ1n) is 12.0. The molecule has 1 saturated heterocycles. The number of urea groups is 1. The SMILES string of the molecule is CCN(CC)C(=O)NCc1nnn2c1COC1(CCN(Cc3ccc(OC(C)C)cc3)C1)C2. The van der Waals surface area contributed by atoms with E-state index in [-0.39, 0.29) is 17.7 Å². The average molecular weight is 457 g/mol. The fraction of sp³-hybridized carbons (Fsp3) is 0.625. The Morgan fingerprint density at radius 2 is 2.00 bits per heavy atom. The van der Waals surface area contributed by atoms with Gasteiger partial charge in [0.1, 0.15) is 17.0 Å². The summed E-state index contributed by atoms with van der Waals surface area (Å²) < 4.78 is 14.1. The molecule has 9 nitrogen and oxygen atoms in total. The molecule has 1 aromatic carbocycles. The second-order valence-corrected chi connectivity index (χ2v) is 9.21. The Labute approximate surface area is 196 Å². The molecule has 2 aliphatic rings. The molecule has 0 bridgehead atoms. The van der Waals surface area contributed by atoms with Gasteiger partial charge >= 0.3 is 6.03 Å². The number of nitrogens with one attached hydrogen (secondary N) is 1. The molecule has 1 aromatic heterocycles. The fourth-order valence-electron chi connectivity index (χ4n) is 4.63. The zero-order valence-electron chi connectivity index (χ0n) is 20.2. The van der Waals surface area contributed by atoms with Gasteiger partial charge in [-0.15, -0.1) is 5.10 Å². The van der Waals surface area contributed by atoms with Crippen LogP contribution in [-0.2, 0) is 31.0 Å². The minimum Gasteiger partial charge on any atom is -0.491 e. The number of rotatable bonds is 8. The molecule has 180 valence electrons. The number of carbonyl (C=O) groups is 1. The first-order valence-corrected chi connectivity index (χ1v) is 12.0. The lowest BCUT2D eigenvalue weighted by molar-refractivity contribution is -0.0845. The molecule has 1 spiro atoms. The van der Waals surface area contributed by atoms with Gasteiger partial charge in [-0.3, -0.25) is 4.90 Å². The molecule has 33 heavy (non-hydrogen) atoms. The monoisotopic (exact) mass is 456 g/mol. The van der Waals surface area contributed by atoms with E-state index in [1.807, 2.05) is 44.5 Å². The van der Waals surface area contributed by atoms with Crippen LogP contribution in [0, 0.1) is 0 Å². The van der Waals surface area contributed by atoms with Gasteiger partial charge in [0.15, 0.2) is 0 Å². The van der Waals surface area contributed by atoms with Gasteiger partial charge in [-0.05, 0) is 51.8 Å². The Morgan fingerprint density at radius 3 is 2.70 bits per heavy atom. The number of aromatic nitrogens is 3. The van der Waals surface area contributed by atoms with Crippen LogP contribution in [0.3, 0.4) is 0 Å². The van der Waals surface area contributed by atoms with E-state index in [1.54, 1.807) is 4.90 Å². The highest BCUT2D eigenvalue weighted by molar-refractivity contribution is 5.74. The largest absolute Gasteiger partial charge is 0.491 e. The molecule has 3 heterocycles. The van der Waals surface area contributed by atoms with Gasteiger partial charge < -0.3 is 19.7 Å². The maximum Gasteiger partial charge on any atom is 0.317 e. The van der Waals surface area contributed by atoms with E-state index in [9.17, 15) is 4.79 Å². The zero-order valence-corrected chi connectivity index (χ0v) is 20.2. The van der Waals surface area contributed by atoms with Crippen molar-refractivity contribution in [1.82, 2.24) is 30.1 Å². The summed E-state index contributed by atoms with van der Waals surface area (Å²) in [5, 5.41) is 11.6. The number of carbonyl (C=O) groups excluding carboxylic acids is 1. The first kappa shape index (κ1) is 23.5. The van der Waals surface area contributed by atoms with Crippen LogP contribution in [0.1, 0.15) is 51.1 Å². The van der Waals surface area contributed by atoms with Gasteiger partial charge in [0.2, 0.25) is 0 Å². The van der Waals surface area contributed by atoms with Crippen LogP contribution >= 0.6 is 0 Å². The average Bonchev–Trinajstić information content (AvgIpc) is 3.37. The smallest absolute Gasteiger partial charge is 0.317 e. The highest BCUT2D eigenvalue weighted by atomic mass is 16.5. The molecule has 1 N–H and O–H groups in total. The second-order valence-electron chi connectivity index (χ2n) is 9.21. The van der Waals surface area contributed by atoms with Crippen molar-refractivity contribution in [2.75, 3.05) is 26.2 Å².